The summed E-state index contributed by atoms with van der Waals surface area (Å²) in [5.74, 6) is 1.59. The van der Waals surface area contributed by atoms with Crippen LogP contribution in [0.2, 0.25) is 0 Å². The van der Waals surface area contributed by atoms with Gasteiger partial charge in [0, 0.05) is 10.9 Å². The Bertz CT molecular complexity index is 1110. The van der Waals surface area contributed by atoms with E-state index >= 15 is 0 Å². The SMILES string of the molecule is COc1cccc(OC)c1-c1[nH]c2ccc(-c3ccccc3)cc2c1CCCCN. The second kappa shape index (κ2) is 9.06. The fourth-order valence-electron chi connectivity index (χ4n) is 4.07. The third kappa shape index (κ3) is 3.79. The van der Waals surface area contributed by atoms with Crippen molar-refractivity contribution in [3.63, 3.8) is 0 Å². The van der Waals surface area contributed by atoms with Gasteiger partial charge in [0.25, 0.3) is 0 Å². The Balaban J connectivity index is 1.93. The molecule has 0 atom stereocenters. The smallest absolute Gasteiger partial charge is 0.131 e. The van der Waals surface area contributed by atoms with Gasteiger partial charge in [-0.2, -0.15) is 0 Å². The monoisotopic (exact) mass is 400 g/mol. The summed E-state index contributed by atoms with van der Waals surface area (Å²) < 4.78 is 11.4. The minimum atomic E-state index is 0.699. The van der Waals surface area contributed by atoms with E-state index in [0.717, 1.165) is 47.5 Å². The average molecular weight is 401 g/mol. The number of aryl methyl sites for hydroxylation is 1. The number of rotatable bonds is 8. The van der Waals surface area contributed by atoms with Crippen LogP contribution in [0.15, 0.2) is 66.7 Å². The van der Waals surface area contributed by atoms with Gasteiger partial charge >= 0.3 is 0 Å². The maximum atomic E-state index is 5.77. The summed E-state index contributed by atoms with van der Waals surface area (Å²) in [5.41, 5.74) is 12.6. The van der Waals surface area contributed by atoms with E-state index in [1.807, 2.05) is 24.3 Å². The molecule has 4 rings (SSSR count). The van der Waals surface area contributed by atoms with Gasteiger partial charge in [-0.05, 0) is 66.8 Å². The van der Waals surface area contributed by atoms with Crippen LogP contribution in [-0.4, -0.2) is 25.7 Å². The zero-order valence-electron chi connectivity index (χ0n) is 17.6. The molecule has 0 unspecified atom stereocenters. The highest BCUT2D eigenvalue weighted by Crippen LogP contribution is 2.42. The zero-order chi connectivity index (χ0) is 20.9. The van der Waals surface area contributed by atoms with Crippen LogP contribution in [0.3, 0.4) is 0 Å². The van der Waals surface area contributed by atoms with Crippen LogP contribution in [-0.2, 0) is 6.42 Å². The molecule has 4 heteroatoms. The van der Waals surface area contributed by atoms with Gasteiger partial charge in [0.1, 0.15) is 11.5 Å². The third-order valence-corrected chi connectivity index (χ3v) is 5.57. The number of methoxy groups -OCH3 is 2. The molecule has 0 aliphatic heterocycles. The Kier molecular flexibility index (Phi) is 6.05. The minimum absolute atomic E-state index is 0.699. The first-order valence-corrected chi connectivity index (χ1v) is 10.4. The largest absolute Gasteiger partial charge is 0.496 e. The highest BCUT2D eigenvalue weighted by Gasteiger charge is 2.20. The zero-order valence-corrected chi connectivity index (χ0v) is 17.6. The van der Waals surface area contributed by atoms with Gasteiger partial charge in [0.05, 0.1) is 25.5 Å². The van der Waals surface area contributed by atoms with E-state index in [2.05, 4.69) is 47.4 Å². The topological polar surface area (TPSA) is 60.3 Å². The number of hydrogen-bond acceptors (Lipinski definition) is 3. The molecule has 0 saturated carbocycles. The van der Waals surface area contributed by atoms with Gasteiger partial charge in [-0.15, -0.1) is 0 Å². The van der Waals surface area contributed by atoms with Crippen molar-refractivity contribution >= 4 is 10.9 Å². The van der Waals surface area contributed by atoms with Crippen LogP contribution in [0.25, 0.3) is 33.3 Å². The minimum Gasteiger partial charge on any atom is -0.496 e. The summed E-state index contributed by atoms with van der Waals surface area (Å²) in [6.45, 7) is 0.699. The molecule has 3 aromatic carbocycles. The molecule has 30 heavy (non-hydrogen) atoms. The molecule has 1 heterocycles. The molecule has 154 valence electrons. The van der Waals surface area contributed by atoms with E-state index in [4.69, 9.17) is 15.2 Å². The molecule has 4 aromatic rings. The highest BCUT2D eigenvalue weighted by molar-refractivity contribution is 5.95. The average Bonchev–Trinajstić information content (AvgIpc) is 3.16. The number of aromatic nitrogens is 1. The first-order chi connectivity index (χ1) is 14.8. The number of aromatic amines is 1. The second-order valence-corrected chi connectivity index (χ2v) is 7.39. The molecule has 3 N–H and O–H groups in total. The van der Waals surface area contributed by atoms with Crippen molar-refractivity contribution in [3.8, 4) is 33.9 Å². The molecular weight excluding hydrogens is 372 g/mol. The Hall–Kier alpha value is -3.24. The lowest BCUT2D eigenvalue weighted by molar-refractivity contribution is 0.397. The van der Waals surface area contributed by atoms with Crippen LogP contribution >= 0.6 is 0 Å². The summed E-state index contributed by atoms with van der Waals surface area (Å²) in [7, 11) is 3.39. The van der Waals surface area contributed by atoms with E-state index in [1.54, 1.807) is 14.2 Å². The Labute approximate surface area is 177 Å². The van der Waals surface area contributed by atoms with Crippen LogP contribution < -0.4 is 15.2 Å². The van der Waals surface area contributed by atoms with E-state index < -0.39 is 0 Å². The number of unbranched alkanes of at least 4 members (excludes halogenated alkanes) is 1. The summed E-state index contributed by atoms with van der Waals surface area (Å²) >= 11 is 0. The number of H-pyrrole nitrogens is 1. The van der Waals surface area contributed by atoms with Gasteiger partial charge in [-0.25, -0.2) is 0 Å². The molecule has 0 bridgehead atoms. The highest BCUT2D eigenvalue weighted by atomic mass is 16.5. The van der Waals surface area contributed by atoms with E-state index in [-0.39, 0.29) is 0 Å². The molecule has 0 radical (unpaired) electrons. The molecule has 4 nitrogen and oxygen atoms in total. The number of benzene rings is 3. The van der Waals surface area contributed by atoms with Crippen molar-refractivity contribution in [2.24, 2.45) is 5.73 Å². The molecule has 0 fully saturated rings. The van der Waals surface area contributed by atoms with Crippen LogP contribution in [0.4, 0.5) is 0 Å². The van der Waals surface area contributed by atoms with E-state index in [0.29, 0.717) is 6.54 Å². The Morgan fingerprint density at radius 2 is 1.53 bits per heavy atom. The molecule has 0 aliphatic carbocycles. The fraction of sp³-hybridized carbons (Fsp3) is 0.231. The normalized spacial score (nSPS) is 11.0. The predicted molar refractivity (Wildman–Crippen MR) is 124 cm³/mol. The number of nitrogens with two attached hydrogens (primary N) is 1. The quantitative estimate of drug-likeness (QED) is 0.367. The lowest BCUT2D eigenvalue weighted by Crippen LogP contribution is -2.00. The molecule has 0 aliphatic rings. The third-order valence-electron chi connectivity index (χ3n) is 5.57. The Morgan fingerprint density at radius 1 is 0.800 bits per heavy atom. The lowest BCUT2D eigenvalue weighted by Gasteiger charge is -2.14. The van der Waals surface area contributed by atoms with Crippen molar-refractivity contribution in [1.82, 2.24) is 4.98 Å². The van der Waals surface area contributed by atoms with Crippen molar-refractivity contribution in [2.45, 2.75) is 19.3 Å². The maximum Gasteiger partial charge on any atom is 0.131 e. The molecular formula is C26H28N2O2. The van der Waals surface area contributed by atoms with Crippen molar-refractivity contribution in [1.29, 1.82) is 0 Å². The fourth-order valence-corrected chi connectivity index (χ4v) is 4.07. The number of ether oxygens (including phenoxy) is 2. The summed E-state index contributed by atoms with van der Waals surface area (Å²) in [5, 5.41) is 1.23. The molecule has 0 saturated heterocycles. The van der Waals surface area contributed by atoms with Crippen LogP contribution in [0.1, 0.15) is 18.4 Å². The summed E-state index contributed by atoms with van der Waals surface area (Å²) in [6.07, 6.45) is 2.96. The van der Waals surface area contributed by atoms with Crippen molar-refractivity contribution < 1.29 is 9.47 Å². The van der Waals surface area contributed by atoms with Gasteiger partial charge in [0.2, 0.25) is 0 Å². The first kappa shape index (κ1) is 20.0. The van der Waals surface area contributed by atoms with Crippen molar-refractivity contribution in [3.05, 3.63) is 72.3 Å². The van der Waals surface area contributed by atoms with E-state index in [9.17, 15) is 0 Å². The molecule has 0 amide bonds. The van der Waals surface area contributed by atoms with Crippen LogP contribution in [0.5, 0.6) is 11.5 Å². The summed E-state index contributed by atoms with van der Waals surface area (Å²) in [6, 6.07) is 23.0. The van der Waals surface area contributed by atoms with Crippen molar-refractivity contribution in [2.75, 3.05) is 20.8 Å². The Morgan fingerprint density at radius 3 is 2.20 bits per heavy atom. The first-order valence-electron chi connectivity index (χ1n) is 10.4. The standard InChI is InChI=1S/C26H28N2O2/c1-29-23-12-8-13-24(30-2)25(23)26-20(11-6-7-16-27)21-17-19(14-15-22(21)28-26)18-9-4-3-5-10-18/h3-5,8-10,12-15,17,28H,6-7,11,16,27H2,1-2H3. The van der Waals surface area contributed by atoms with E-state index in [1.165, 1.54) is 22.1 Å². The maximum absolute atomic E-state index is 5.77. The molecule has 0 spiro atoms. The van der Waals surface area contributed by atoms with Gasteiger partial charge < -0.3 is 20.2 Å². The van der Waals surface area contributed by atoms with Gasteiger partial charge in [0.15, 0.2) is 0 Å². The molecule has 1 aromatic heterocycles. The predicted octanol–water partition coefficient (Wildman–Crippen LogP) is 5.80. The van der Waals surface area contributed by atoms with Gasteiger partial charge in [-0.1, -0.05) is 42.5 Å². The van der Waals surface area contributed by atoms with Gasteiger partial charge in [-0.3, -0.25) is 0 Å². The lowest BCUT2D eigenvalue weighted by atomic mass is 9.97. The number of fused-ring (bicyclic) bond motifs is 1. The number of nitrogens with one attached hydrogen (secondary N) is 1. The van der Waals surface area contributed by atoms with Crippen LogP contribution in [0, 0.1) is 0 Å². The number of hydrogen-bond donors (Lipinski definition) is 2. The summed E-state index contributed by atoms with van der Waals surface area (Å²) in [4.78, 5) is 3.64. The second-order valence-electron chi connectivity index (χ2n) is 7.39.